The number of benzene rings is 3. The minimum Gasteiger partial charge on any atom is -0.287 e. The van der Waals surface area contributed by atoms with Gasteiger partial charge in [0.25, 0.3) is 0 Å². The molecule has 3 aromatic heterocycles. The highest BCUT2D eigenvalue weighted by molar-refractivity contribution is 6.10. The van der Waals surface area contributed by atoms with E-state index in [-0.39, 0.29) is 10.9 Å². The van der Waals surface area contributed by atoms with E-state index >= 15 is 0 Å². The monoisotopic (exact) mass is 386 g/mol. The van der Waals surface area contributed by atoms with Gasteiger partial charge in [-0.15, -0.1) is 0 Å². The third-order valence-corrected chi connectivity index (χ3v) is 5.59. The van der Waals surface area contributed by atoms with Gasteiger partial charge in [-0.2, -0.15) is 0 Å². The summed E-state index contributed by atoms with van der Waals surface area (Å²) in [5, 5.41) is 5.02. The molecule has 0 aliphatic rings. The maximum absolute atomic E-state index is 13.2. The van der Waals surface area contributed by atoms with Crippen LogP contribution in [-0.2, 0) is 0 Å². The fourth-order valence-corrected chi connectivity index (χ4v) is 4.04. The van der Waals surface area contributed by atoms with Crippen LogP contribution in [0.4, 0.5) is 0 Å². The van der Waals surface area contributed by atoms with E-state index in [0.29, 0.717) is 32.8 Å². The summed E-state index contributed by atoms with van der Waals surface area (Å²) in [6.07, 6.45) is 0. The molecule has 3 heterocycles. The molecule has 0 unspecified atom stereocenters. The molecule has 0 saturated heterocycles. The zero-order chi connectivity index (χ0) is 20.2. The molecule has 0 spiro atoms. The van der Waals surface area contributed by atoms with Crippen molar-refractivity contribution in [2.24, 2.45) is 0 Å². The van der Waals surface area contributed by atoms with Gasteiger partial charge in [0.2, 0.25) is 10.9 Å². The summed E-state index contributed by atoms with van der Waals surface area (Å²) in [6.45, 7) is 0. The molecule has 4 nitrogen and oxygen atoms in total. The molecule has 6 aromatic rings. The van der Waals surface area contributed by atoms with Crippen LogP contribution in [0.3, 0.4) is 0 Å². The molecular formula is C26H14N2O2. The maximum atomic E-state index is 13.2. The number of pyridine rings is 2. The van der Waals surface area contributed by atoms with E-state index in [4.69, 9.17) is 0 Å². The Balaban J connectivity index is 1.98. The van der Waals surface area contributed by atoms with E-state index in [2.05, 4.69) is 9.97 Å². The van der Waals surface area contributed by atoms with Gasteiger partial charge in [-0.25, -0.2) is 9.97 Å². The fraction of sp³-hybridized carbons (Fsp3) is 0. The normalized spacial score (nSPS) is 11.6. The van der Waals surface area contributed by atoms with Gasteiger partial charge in [-0.05, 0) is 57.9 Å². The first-order chi connectivity index (χ1) is 14.7. The first-order valence-corrected chi connectivity index (χ1v) is 9.68. The van der Waals surface area contributed by atoms with Gasteiger partial charge in [-0.1, -0.05) is 48.5 Å². The minimum absolute atomic E-state index is 0.142. The predicted molar refractivity (Wildman–Crippen MR) is 122 cm³/mol. The second-order valence-corrected chi connectivity index (χ2v) is 7.41. The van der Waals surface area contributed by atoms with Crippen molar-refractivity contribution >= 4 is 54.4 Å². The molecule has 0 amide bonds. The largest absolute Gasteiger partial charge is 0.287 e. The van der Waals surface area contributed by atoms with Crippen LogP contribution in [0.5, 0.6) is 0 Å². The standard InChI is InChI=1S/C26H14N2O2/c29-25-17-11-9-15-7-8-16-10-12-18(14-20(16)19(15)13-17)26(30)24-6-2-4-22(28-24)21-3-1-5-23(25)27-21/h1-14H. The molecule has 8 bridgehead atoms. The average molecular weight is 386 g/mol. The molecule has 140 valence electrons. The number of hydrogen-bond donors (Lipinski definition) is 0. The highest BCUT2D eigenvalue weighted by atomic mass is 16.1. The Morgan fingerprint density at radius 2 is 0.800 bits per heavy atom. The molecular weight excluding hydrogens is 372 g/mol. The Morgan fingerprint density at radius 1 is 0.433 bits per heavy atom. The van der Waals surface area contributed by atoms with Crippen LogP contribution < -0.4 is 10.9 Å². The Kier molecular flexibility index (Phi) is 3.44. The van der Waals surface area contributed by atoms with E-state index in [1.807, 2.05) is 48.5 Å². The second-order valence-electron chi connectivity index (χ2n) is 7.41. The summed E-state index contributed by atoms with van der Waals surface area (Å²) in [7, 11) is 0. The lowest BCUT2D eigenvalue weighted by Crippen LogP contribution is -2.02. The fourth-order valence-electron chi connectivity index (χ4n) is 4.04. The van der Waals surface area contributed by atoms with Crippen LogP contribution in [-0.4, -0.2) is 9.97 Å². The van der Waals surface area contributed by atoms with Crippen molar-refractivity contribution in [1.82, 2.24) is 9.97 Å². The van der Waals surface area contributed by atoms with Gasteiger partial charge >= 0.3 is 0 Å². The number of aromatic nitrogens is 2. The molecule has 0 fully saturated rings. The van der Waals surface area contributed by atoms with Crippen molar-refractivity contribution in [3.05, 3.63) is 105 Å². The first kappa shape index (κ1) is 16.7. The Hall–Kier alpha value is -4.18. The highest BCUT2D eigenvalue weighted by Gasteiger charge is 2.06. The van der Waals surface area contributed by atoms with E-state index in [0.717, 1.165) is 21.5 Å². The second kappa shape index (κ2) is 6.16. The van der Waals surface area contributed by atoms with Crippen molar-refractivity contribution in [3.8, 4) is 0 Å². The van der Waals surface area contributed by atoms with Crippen LogP contribution in [0.25, 0.3) is 54.4 Å². The average Bonchev–Trinajstić information content (AvgIpc) is 2.82. The summed E-state index contributed by atoms with van der Waals surface area (Å²) >= 11 is 0. The zero-order valence-electron chi connectivity index (χ0n) is 15.8. The Labute approximate surface area is 170 Å². The number of nitrogens with zero attached hydrogens (tertiary/aromatic N) is 2. The van der Waals surface area contributed by atoms with Crippen LogP contribution in [0.15, 0.2) is 94.5 Å². The van der Waals surface area contributed by atoms with Crippen LogP contribution in [0.1, 0.15) is 0 Å². The molecule has 0 aliphatic heterocycles. The quantitative estimate of drug-likeness (QED) is 0.346. The lowest BCUT2D eigenvalue weighted by molar-refractivity contribution is 1.41. The maximum Gasteiger partial charge on any atom is 0.211 e. The van der Waals surface area contributed by atoms with Gasteiger partial charge in [0.05, 0.1) is 11.0 Å². The minimum atomic E-state index is -0.142. The SMILES string of the molecule is O=c1c2ccc3ccc4ccc(cc4c3c2)c(=O)c2cccc(n2)c2cccc1n2. The summed E-state index contributed by atoms with van der Waals surface area (Å²) in [4.78, 5) is 35.5. The Morgan fingerprint density at radius 3 is 1.23 bits per heavy atom. The summed E-state index contributed by atoms with van der Waals surface area (Å²) in [5.41, 5.74) is 1.54. The Bertz CT molecular complexity index is 1660. The molecule has 4 heteroatoms. The number of fused-ring (bicyclic) bond motifs is 7. The van der Waals surface area contributed by atoms with Crippen LogP contribution >= 0.6 is 0 Å². The number of hydrogen-bond acceptors (Lipinski definition) is 4. The van der Waals surface area contributed by atoms with Crippen molar-refractivity contribution in [3.63, 3.8) is 0 Å². The highest BCUT2D eigenvalue weighted by Crippen LogP contribution is 2.27. The molecule has 0 radical (unpaired) electrons. The lowest BCUT2D eigenvalue weighted by Gasteiger charge is -2.05. The van der Waals surface area contributed by atoms with Gasteiger partial charge in [0, 0.05) is 10.8 Å². The summed E-state index contributed by atoms with van der Waals surface area (Å²) in [5.74, 6) is 0. The van der Waals surface area contributed by atoms with Crippen molar-refractivity contribution < 1.29 is 0 Å². The molecule has 0 N–H and O–H groups in total. The smallest absolute Gasteiger partial charge is 0.211 e. The van der Waals surface area contributed by atoms with Gasteiger partial charge in [0.1, 0.15) is 11.0 Å². The van der Waals surface area contributed by atoms with Crippen LogP contribution in [0, 0.1) is 0 Å². The van der Waals surface area contributed by atoms with E-state index in [1.54, 1.807) is 36.4 Å². The van der Waals surface area contributed by atoms with Gasteiger partial charge in [0.15, 0.2) is 0 Å². The molecule has 6 rings (SSSR count). The zero-order valence-corrected chi connectivity index (χ0v) is 15.8. The van der Waals surface area contributed by atoms with E-state index in [1.165, 1.54) is 0 Å². The van der Waals surface area contributed by atoms with E-state index in [9.17, 15) is 9.59 Å². The first-order valence-electron chi connectivity index (χ1n) is 9.68. The lowest BCUT2D eigenvalue weighted by atomic mass is 9.99. The third kappa shape index (κ3) is 2.47. The van der Waals surface area contributed by atoms with Gasteiger partial charge < -0.3 is 0 Å². The van der Waals surface area contributed by atoms with Crippen molar-refractivity contribution in [1.29, 1.82) is 0 Å². The molecule has 3 aromatic carbocycles. The van der Waals surface area contributed by atoms with E-state index < -0.39 is 0 Å². The van der Waals surface area contributed by atoms with Gasteiger partial charge in [-0.3, -0.25) is 9.59 Å². The predicted octanol–water partition coefficient (Wildman–Crippen LogP) is 4.96. The molecule has 0 aliphatic carbocycles. The topological polar surface area (TPSA) is 59.9 Å². The molecule has 30 heavy (non-hydrogen) atoms. The number of rotatable bonds is 0. The summed E-state index contributed by atoms with van der Waals surface area (Å²) in [6, 6.07) is 26.0. The van der Waals surface area contributed by atoms with Crippen molar-refractivity contribution in [2.45, 2.75) is 0 Å². The summed E-state index contributed by atoms with van der Waals surface area (Å²) < 4.78 is 0. The van der Waals surface area contributed by atoms with Crippen molar-refractivity contribution in [2.75, 3.05) is 0 Å². The molecule has 0 saturated carbocycles. The van der Waals surface area contributed by atoms with Crippen LogP contribution in [0.2, 0.25) is 0 Å². The third-order valence-electron chi connectivity index (χ3n) is 5.59. The molecule has 0 atom stereocenters.